The lowest BCUT2D eigenvalue weighted by atomic mass is 10.1. The maximum absolute atomic E-state index is 12.0. The van der Waals surface area contributed by atoms with Crippen molar-refractivity contribution in [3.63, 3.8) is 0 Å². The molecule has 8 heteroatoms. The highest BCUT2D eigenvalue weighted by molar-refractivity contribution is 5.85. The third-order valence-electron chi connectivity index (χ3n) is 5.04. The predicted molar refractivity (Wildman–Crippen MR) is 111 cm³/mol. The monoisotopic (exact) mass is 403 g/mol. The van der Waals surface area contributed by atoms with Gasteiger partial charge in [-0.25, -0.2) is 4.98 Å². The van der Waals surface area contributed by atoms with Crippen LogP contribution in [-0.4, -0.2) is 68.1 Å². The molecule has 1 atom stereocenters. The molecule has 0 saturated carbocycles. The van der Waals surface area contributed by atoms with Gasteiger partial charge in [0.25, 0.3) is 0 Å². The largest absolute Gasteiger partial charge is 0.356 e. The number of piperazine rings is 1. The van der Waals surface area contributed by atoms with Gasteiger partial charge in [-0.15, -0.1) is 24.8 Å². The van der Waals surface area contributed by atoms with E-state index < -0.39 is 0 Å². The molecule has 2 N–H and O–H groups in total. The number of halogens is 2. The van der Waals surface area contributed by atoms with Crippen molar-refractivity contribution in [1.29, 1.82) is 0 Å². The molecule has 1 aromatic heterocycles. The van der Waals surface area contributed by atoms with Gasteiger partial charge in [0.15, 0.2) is 0 Å². The van der Waals surface area contributed by atoms with E-state index in [2.05, 4.69) is 31.5 Å². The molecule has 3 rings (SSSR count). The second-order valence-electron chi connectivity index (χ2n) is 6.76. The average Bonchev–Trinajstić information content (AvgIpc) is 3.15. The number of carbonyl (C=O) groups is 1. The van der Waals surface area contributed by atoms with E-state index >= 15 is 0 Å². The number of hydrogen-bond acceptors (Lipinski definition) is 5. The number of carbonyl (C=O) groups excluding carboxylic acids is 1. The van der Waals surface area contributed by atoms with E-state index in [1.54, 1.807) is 0 Å². The van der Waals surface area contributed by atoms with Crippen LogP contribution in [0, 0.1) is 5.92 Å². The van der Waals surface area contributed by atoms with Gasteiger partial charge in [-0.2, -0.15) is 0 Å². The smallest absolute Gasteiger partial charge is 0.221 e. The molecular formula is C18H31Cl2N5O. The average molecular weight is 404 g/mol. The molecule has 3 heterocycles. The van der Waals surface area contributed by atoms with Crippen LogP contribution in [0.25, 0.3) is 0 Å². The standard InChI is InChI=1S/C18H29N5O.2ClH/c24-18(21-9-5-16-4-8-19-15-16)6-10-22-11-13-23(14-12-22)17-3-1-2-7-20-17;;/h1-3,7,16,19H,4-6,8-15H2,(H,21,24);2*1H. The summed E-state index contributed by atoms with van der Waals surface area (Å²) in [6.45, 7) is 7.86. The maximum atomic E-state index is 12.0. The van der Waals surface area contributed by atoms with Crippen LogP contribution in [0.2, 0.25) is 0 Å². The Balaban J connectivity index is 0.00000169. The summed E-state index contributed by atoms with van der Waals surface area (Å²) in [6, 6.07) is 6.03. The fourth-order valence-electron chi connectivity index (χ4n) is 3.47. The lowest BCUT2D eigenvalue weighted by Gasteiger charge is -2.35. The Hall–Kier alpha value is -1.08. The second kappa shape index (κ2) is 12.3. The zero-order chi connectivity index (χ0) is 16.6. The molecule has 0 bridgehead atoms. The topological polar surface area (TPSA) is 60.5 Å². The number of hydrogen-bond donors (Lipinski definition) is 2. The summed E-state index contributed by atoms with van der Waals surface area (Å²) < 4.78 is 0. The molecule has 26 heavy (non-hydrogen) atoms. The molecule has 2 fully saturated rings. The van der Waals surface area contributed by atoms with Crippen molar-refractivity contribution >= 4 is 36.5 Å². The Labute approximate surface area is 168 Å². The van der Waals surface area contributed by atoms with E-state index in [0.29, 0.717) is 6.42 Å². The van der Waals surface area contributed by atoms with Crippen LogP contribution in [0.5, 0.6) is 0 Å². The number of anilines is 1. The molecule has 1 unspecified atom stereocenters. The predicted octanol–water partition coefficient (Wildman–Crippen LogP) is 1.55. The number of nitrogens with one attached hydrogen (secondary N) is 2. The summed E-state index contributed by atoms with van der Waals surface area (Å²) in [5.41, 5.74) is 0. The van der Waals surface area contributed by atoms with Crippen LogP contribution < -0.4 is 15.5 Å². The number of aromatic nitrogens is 1. The van der Waals surface area contributed by atoms with Gasteiger partial charge in [0.2, 0.25) is 5.91 Å². The normalized spacial score (nSPS) is 20.2. The van der Waals surface area contributed by atoms with Crippen LogP contribution in [-0.2, 0) is 4.79 Å². The summed E-state index contributed by atoms with van der Waals surface area (Å²) in [6.07, 6.45) is 4.79. The Morgan fingerprint density at radius 3 is 2.69 bits per heavy atom. The zero-order valence-corrected chi connectivity index (χ0v) is 16.9. The van der Waals surface area contributed by atoms with Crippen molar-refractivity contribution < 1.29 is 4.79 Å². The second-order valence-corrected chi connectivity index (χ2v) is 6.76. The first kappa shape index (κ1) is 23.0. The Morgan fingerprint density at radius 2 is 2.04 bits per heavy atom. The Morgan fingerprint density at radius 1 is 1.23 bits per heavy atom. The molecule has 0 spiro atoms. The van der Waals surface area contributed by atoms with Crippen molar-refractivity contribution in [3.8, 4) is 0 Å². The van der Waals surface area contributed by atoms with Gasteiger partial charge in [0.05, 0.1) is 0 Å². The summed E-state index contributed by atoms with van der Waals surface area (Å²) >= 11 is 0. The van der Waals surface area contributed by atoms with Crippen molar-refractivity contribution in [2.24, 2.45) is 5.92 Å². The van der Waals surface area contributed by atoms with E-state index in [1.165, 1.54) is 6.42 Å². The van der Waals surface area contributed by atoms with Crippen LogP contribution in [0.15, 0.2) is 24.4 Å². The third-order valence-corrected chi connectivity index (χ3v) is 5.04. The van der Waals surface area contributed by atoms with Gasteiger partial charge in [0, 0.05) is 51.9 Å². The Kier molecular flexibility index (Phi) is 10.9. The molecule has 2 aliphatic rings. The minimum absolute atomic E-state index is 0. The summed E-state index contributed by atoms with van der Waals surface area (Å²) in [5, 5.41) is 6.44. The van der Waals surface area contributed by atoms with Gasteiger partial charge >= 0.3 is 0 Å². The highest BCUT2D eigenvalue weighted by atomic mass is 35.5. The van der Waals surface area contributed by atoms with Gasteiger partial charge in [0.1, 0.15) is 5.82 Å². The lowest BCUT2D eigenvalue weighted by molar-refractivity contribution is -0.121. The van der Waals surface area contributed by atoms with E-state index in [-0.39, 0.29) is 30.7 Å². The van der Waals surface area contributed by atoms with Crippen molar-refractivity contribution in [2.75, 3.05) is 57.3 Å². The molecule has 0 radical (unpaired) electrons. The Bertz CT molecular complexity index is 506. The highest BCUT2D eigenvalue weighted by Crippen LogP contribution is 2.13. The van der Waals surface area contributed by atoms with Crippen molar-refractivity contribution in [1.82, 2.24) is 20.5 Å². The third kappa shape index (κ3) is 7.27. The molecule has 0 aliphatic carbocycles. The van der Waals surface area contributed by atoms with Crippen molar-refractivity contribution in [3.05, 3.63) is 24.4 Å². The van der Waals surface area contributed by atoms with E-state index in [4.69, 9.17) is 0 Å². The molecule has 1 aromatic rings. The first-order chi connectivity index (χ1) is 11.8. The maximum Gasteiger partial charge on any atom is 0.221 e. The molecule has 1 amide bonds. The minimum atomic E-state index is 0. The summed E-state index contributed by atoms with van der Waals surface area (Å²) in [7, 11) is 0. The summed E-state index contributed by atoms with van der Waals surface area (Å²) in [5.74, 6) is 1.98. The van der Waals surface area contributed by atoms with Gasteiger partial charge in [-0.3, -0.25) is 9.69 Å². The van der Waals surface area contributed by atoms with E-state index in [9.17, 15) is 4.79 Å². The van der Waals surface area contributed by atoms with Gasteiger partial charge in [-0.1, -0.05) is 6.07 Å². The number of pyridine rings is 1. The van der Waals surface area contributed by atoms with Crippen LogP contribution in [0.3, 0.4) is 0 Å². The number of nitrogens with zero attached hydrogens (tertiary/aromatic N) is 3. The first-order valence-corrected chi connectivity index (χ1v) is 9.17. The number of rotatable bonds is 7. The fourth-order valence-corrected chi connectivity index (χ4v) is 3.47. The molecule has 2 aliphatic heterocycles. The quantitative estimate of drug-likeness (QED) is 0.722. The van der Waals surface area contributed by atoms with E-state index in [1.807, 2.05) is 18.3 Å². The molecular weight excluding hydrogens is 373 g/mol. The number of amides is 1. The van der Waals surface area contributed by atoms with Gasteiger partial charge in [-0.05, 0) is 44.0 Å². The molecule has 148 valence electrons. The van der Waals surface area contributed by atoms with Crippen LogP contribution >= 0.6 is 24.8 Å². The van der Waals surface area contributed by atoms with Crippen molar-refractivity contribution in [2.45, 2.75) is 19.3 Å². The van der Waals surface area contributed by atoms with Crippen LogP contribution in [0.4, 0.5) is 5.82 Å². The highest BCUT2D eigenvalue weighted by Gasteiger charge is 2.18. The molecule has 6 nitrogen and oxygen atoms in total. The minimum Gasteiger partial charge on any atom is -0.356 e. The van der Waals surface area contributed by atoms with Crippen LogP contribution in [0.1, 0.15) is 19.3 Å². The van der Waals surface area contributed by atoms with Gasteiger partial charge < -0.3 is 15.5 Å². The zero-order valence-electron chi connectivity index (χ0n) is 15.2. The SMILES string of the molecule is Cl.Cl.O=C(CCN1CCN(c2ccccn2)CC1)NCCC1CCNC1. The first-order valence-electron chi connectivity index (χ1n) is 9.17. The molecule has 0 aromatic carbocycles. The summed E-state index contributed by atoms with van der Waals surface area (Å²) in [4.78, 5) is 21.1. The fraction of sp³-hybridized carbons (Fsp3) is 0.667. The lowest BCUT2D eigenvalue weighted by Crippen LogP contribution is -2.47. The molecule has 2 saturated heterocycles. The van der Waals surface area contributed by atoms with E-state index in [0.717, 1.165) is 70.5 Å².